The molecule has 2 aromatic heterocycles. The first kappa shape index (κ1) is 18.3. The van der Waals surface area contributed by atoms with Crippen molar-refractivity contribution in [3.63, 3.8) is 0 Å². The van der Waals surface area contributed by atoms with Gasteiger partial charge in [0, 0.05) is 66.5 Å². The second-order valence-electron chi connectivity index (χ2n) is 7.63. The van der Waals surface area contributed by atoms with Crippen LogP contribution in [0.2, 0.25) is 0 Å². The number of hydrogen-bond donors (Lipinski definition) is 0. The SMILES string of the molecule is N#CC1CCN(c2nccnc2C2CN(c3ncc4ccc(Br)cc4n3)C2)CC1. The number of fused-ring (bicyclic) bond motifs is 1. The Morgan fingerprint density at radius 1 is 1.03 bits per heavy atom. The van der Waals surface area contributed by atoms with Crippen molar-refractivity contribution in [2.45, 2.75) is 18.8 Å². The highest BCUT2D eigenvalue weighted by Crippen LogP contribution is 2.34. The molecule has 8 heteroatoms. The van der Waals surface area contributed by atoms with Crippen LogP contribution in [0.4, 0.5) is 11.8 Å². The second-order valence-corrected chi connectivity index (χ2v) is 8.55. The fourth-order valence-corrected chi connectivity index (χ4v) is 4.40. The van der Waals surface area contributed by atoms with Crippen LogP contribution in [-0.2, 0) is 0 Å². The lowest BCUT2D eigenvalue weighted by Gasteiger charge is -2.40. The molecule has 5 rings (SSSR count). The summed E-state index contributed by atoms with van der Waals surface area (Å²) in [5.74, 6) is 2.20. The summed E-state index contributed by atoms with van der Waals surface area (Å²) in [6.07, 6.45) is 7.20. The summed E-state index contributed by atoms with van der Waals surface area (Å²) in [4.78, 5) is 23.0. The van der Waals surface area contributed by atoms with E-state index in [1.807, 2.05) is 24.4 Å². The van der Waals surface area contributed by atoms with E-state index in [1.165, 1.54) is 0 Å². The number of nitriles is 1. The molecule has 0 spiro atoms. The smallest absolute Gasteiger partial charge is 0.225 e. The van der Waals surface area contributed by atoms with E-state index in [-0.39, 0.29) is 5.92 Å². The quantitative estimate of drug-likeness (QED) is 0.604. The van der Waals surface area contributed by atoms with Gasteiger partial charge in [0.15, 0.2) is 5.82 Å². The van der Waals surface area contributed by atoms with E-state index in [4.69, 9.17) is 10.2 Å². The minimum Gasteiger partial charge on any atom is -0.355 e. The molecule has 0 amide bonds. The Bertz CT molecular complexity index is 1080. The topological polar surface area (TPSA) is 81.8 Å². The summed E-state index contributed by atoms with van der Waals surface area (Å²) < 4.78 is 1.01. The van der Waals surface area contributed by atoms with Crippen LogP contribution in [0.1, 0.15) is 24.5 Å². The molecule has 2 fully saturated rings. The molecule has 0 atom stereocenters. The van der Waals surface area contributed by atoms with Gasteiger partial charge in [-0.3, -0.25) is 4.98 Å². The van der Waals surface area contributed by atoms with Gasteiger partial charge < -0.3 is 9.80 Å². The Hall–Kier alpha value is -2.79. The zero-order valence-corrected chi connectivity index (χ0v) is 17.5. The maximum atomic E-state index is 9.14. The molecule has 2 saturated heterocycles. The number of hydrogen-bond acceptors (Lipinski definition) is 7. The standard InChI is InChI=1S/C21H20BrN7/c22-17-2-1-15-11-26-21(27-18(15)9-17)29-12-16(13-29)19-20(25-6-5-24-19)28-7-3-14(10-23)4-8-28/h1-2,5-6,9,11,14,16H,3-4,7-8,12-13H2. The Balaban J connectivity index is 1.32. The average molecular weight is 450 g/mol. The van der Waals surface area contributed by atoms with E-state index in [9.17, 15) is 0 Å². The molecule has 4 heterocycles. The summed E-state index contributed by atoms with van der Waals surface area (Å²) in [7, 11) is 0. The Labute approximate surface area is 177 Å². The van der Waals surface area contributed by atoms with Crippen LogP contribution in [0, 0.1) is 17.2 Å². The monoisotopic (exact) mass is 449 g/mol. The van der Waals surface area contributed by atoms with Gasteiger partial charge in [-0.1, -0.05) is 22.0 Å². The summed E-state index contributed by atoms with van der Waals surface area (Å²) in [5, 5.41) is 10.2. The van der Waals surface area contributed by atoms with Gasteiger partial charge in [-0.25, -0.2) is 15.0 Å². The lowest BCUT2D eigenvalue weighted by atomic mass is 9.94. The van der Waals surface area contributed by atoms with Gasteiger partial charge in [-0.05, 0) is 25.0 Å². The molecule has 0 N–H and O–H groups in total. The van der Waals surface area contributed by atoms with E-state index >= 15 is 0 Å². The van der Waals surface area contributed by atoms with E-state index in [0.717, 1.165) is 71.9 Å². The Morgan fingerprint density at radius 3 is 2.62 bits per heavy atom. The van der Waals surface area contributed by atoms with Crippen LogP contribution in [0.25, 0.3) is 10.9 Å². The average Bonchev–Trinajstić information content (AvgIpc) is 2.73. The number of benzene rings is 1. The molecule has 1 aromatic carbocycles. The largest absolute Gasteiger partial charge is 0.355 e. The third-order valence-corrected chi connectivity index (χ3v) is 6.26. The molecule has 146 valence electrons. The van der Waals surface area contributed by atoms with Crippen molar-refractivity contribution in [1.29, 1.82) is 5.26 Å². The van der Waals surface area contributed by atoms with Gasteiger partial charge in [-0.15, -0.1) is 0 Å². The van der Waals surface area contributed by atoms with Crippen LogP contribution in [0.15, 0.2) is 41.3 Å². The third-order valence-electron chi connectivity index (χ3n) is 5.77. The molecule has 0 aliphatic carbocycles. The molecule has 3 aromatic rings. The summed E-state index contributed by atoms with van der Waals surface area (Å²) in [5.41, 5.74) is 1.98. The predicted octanol–water partition coefficient (Wildman–Crippen LogP) is 3.53. The maximum absolute atomic E-state index is 9.14. The van der Waals surface area contributed by atoms with Crippen LogP contribution in [0.3, 0.4) is 0 Å². The Kier molecular flexibility index (Phi) is 4.76. The normalized spacial score (nSPS) is 17.9. The number of nitrogens with zero attached hydrogens (tertiary/aromatic N) is 7. The molecule has 29 heavy (non-hydrogen) atoms. The van der Waals surface area contributed by atoms with Crippen LogP contribution >= 0.6 is 15.9 Å². The van der Waals surface area contributed by atoms with Crippen molar-refractivity contribution in [3.05, 3.63) is 47.0 Å². The van der Waals surface area contributed by atoms with Crippen LogP contribution < -0.4 is 9.80 Å². The lowest BCUT2D eigenvalue weighted by molar-refractivity contribution is 0.472. The molecule has 7 nitrogen and oxygen atoms in total. The van der Waals surface area contributed by atoms with E-state index in [1.54, 1.807) is 12.4 Å². The molecule has 0 saturated carbocycles. The first-order valence-corrected chi connectivity index (χ1v) is 10.6. The number of piperidine rings is 1. The van der Waals surface area contributed by atoms with Gasteiger partial charge in [0.1, 0.15) is 0 Å². The molecule has 0 unspecified atom stereocenters. The van der Waals surface area contributed by atoms with E-state index in [0.29, 0.717) is 5.92 Å². The van der Waals surface area contributed by atoms with Gasteiger partial charge in [0.25, 0.3) is 0 Å². The molecular formula is C21H20BrN7. The highest BCUT2D eigenvalue weighted by molar-refractivity contribution is 9.10. The van der Waals surface area contributed by atoms with E-state index < -0.39 is 0 Å². The van der Waals surface area contributed by atoms with Crippen LogP contribution in [-0.4, -0.2) is 46.1 Å². The zero-order valence-electron chi connectivity index (χ0n) is 15.9. The summed E-state index contributed by atoms with van der Waals surface area (Å²) in [6, 6.07) is 8.42. The molecular weight excluding hydrogens is 430 g/mol. The summed E-state index contributed by atoms with van der Waals surface area (Å²) in [6.45, 7) is 3.39. The first-order valence-electron chi connectivity index (χ1n) is 9.84. The maximum Gasteiger partial charge on any atom is 0.225 e. The second kappa shape index (κ2) is 7.56. The van der Waals surface area contributed by atoms with Gasteiger partial charge in [0.2, 0.25) is 5.95 Å². The molecule has 0 bridgehead atoms. The van der Waals surface area contributed by atoms with Crippen molar-refractivity contribution in [2.75, 3.05) is 36.0 Å². The highest BCUT2D eigenvalue weighted by atomic mass is 79.9. The van der Waals surface area contributed by atoms with Gasteiger partial charge in [0.05, 0.1) is 17.3 Å². The van der Waals surface area contributed by atoms with Crippen molar-refractivity contribution >= 4 is 38.6 Å². The molecule has 0 radical (unpaired) electrons. The first-order chi connectivity index (χ1) is 14.2. The van der Waals surface area contributed by atoms with Gasteiger partial charge in [-0.2, -0.15) is 5.26 Å². The fourth-order valence-electron chi connectivity index (χ4n) is 4.05. The fraction of sp³-hybridized carbons (Fsp3) is 0.381. The number of aromatic nitrogens is 4. The summed E-state index contributed by atoms with van der Waals surface area (Å²) >= 11 is 3.51. The third kappa shape index (κ3) is 3.51. The molecule has 2 aliphatic rings. The van der Waals surface area contributed by atoms with Crippen molar-refractivity contribution in [1.82, 2.24) is 19.9 Å². The molecule has 2 aliphatic heterocycles. The lowest BCUT2D eigenvalue weighted by Crippen LogP contribution is -2.47. The number of halogens is 1. The Morgan fingerprint density at radius 2 is 1.83 bits per heavy atom. The number of rotatable bonds is 3. The van der Waals surface area contributed by atoms with Crippen molar-refractivity contribution in [3.8, 4) is 6.07 Å². The van der Waals surface area contributed by atoms with Crippen molar-refractivity contribution < 1.29 is 0 Å². The van der Waals surface area contributed by atoms with E-state index in [2.05, 4.69) is 46.8 Å². The zero-order chi connectivity index (χ0) is 19.8. The van der Waals surface area contributed by atoms with Crippen molar-refractivity contribution in [2.24, 2.45) is 5.92 Å². The highest BCUT2D eigenvalue weighted by Gasteiger charge is 2.34. The van der Waals surface area contributed by atoms with Crippen LogP contribution in [0.5, 0.6) is 0 Å². The minimum atomic E-state index is 0.163. The number of anilines is 2. The predicted molar refractivity (Wildman–Crippen MR) is 115 cm³/mol. The minimum absolute atomic E-state index is 0.163. The van der Waals surface area contributed by atoms with Gasteiger partial charge >= 0.3 is 0 Å².